The van der Waals surface area contributed by atoms with Gasteiger partial charge in [-0.05, 0) is 0 Å². The SMILES string of the molecule is O=C1OC(CF)C(C(F)F)O1. The molecule has 0 amide bonds. The molecule has 3 nitrogen and oxygen atoms in total. The molecule has 1 rings (SSSR count). The Bertz CT molecular complexity index is 161. The molecule has 1 heterocycles. The van der Waals surface area contributed by atoms with Gasteiger partial charge in [0.1, 0.15) is 6.67 Å². The molecule has 2 atom stereocenters. The highest BCUT2D eigenvalue weighted by Gasteiger charge is 2.42. The molecule has 11 heavy (non-hydrogen) atoms. The fourth-order valence-electron chi connectivity index (χ4n) is 0.738. The lowest BCUT2D eigenvalue weighted by atomic mass is 10.2. The van der Waals surface area contributed by atoms with Crippen LogP contribution in [0.5, 0.6) is 0 Å². The van der Waals surface area contributed by atoms with E-state index in [9.17, 15) is 18.0 Å². The van der Waals surface area contributed by atoms with Crippen molar-refractivity contribution in [3.8, 4) is 0 Å². The number of carbonyl (C=O) groups is 1. The van der Waals surface area contributed by atoms with E-state index in [2.05, 4.69) is 9.47 Å². The summed E-state index contributed by atoms with van der Waals surface area (Å²) in [4.78, 5) is 10.2. The monoisotopic (exact) mass is 170 g/mol. The first kappa shape index (κ1) is 8.16. The lowest BCUT2D eigenvalue weighted by molar-refractivity contribution is -0.0141. The van der Waals surface area contributed by atoms with Crippen LogP contribution in [0.2, 0.25) is 0 Å². The molecule has 0 aromatic rings. The third-order valence-electron chi connectivity index (χ3n) is 1.25. The molecule has 2 unspecified atom stereocenters. The van der Waals surface area contributed by atoms with Crippen LogP contribution in [0.4, 0.5) is 18.0 Å². The van der Waals surface area contributed by atoms with Gasteiger partial charge >= 0.3 is 6.16 Å². The third kappa shape index (κ3) is 1.55. The highest BCUT2D eigenvalue weighted by molar-refractivity contribution is 5.62. The summed E-state index contributed by atoms with van der Waals surface area (Å²) in [7, 11) is 0. The van der Waals surface area contributed by atoms with Crippen molar-refractivity contribution in [2.75, 3.05) is 6.67 Å². The lowest BCUT2D eigenvalue weighted by Gasteiger charge is -2.09. The standard InChI is InChI=1S/C5H5F3O3/c6-1-2-3(4(7)8)11-5(9)10-2/h2-4H,1H2. The van der Waals surface area contributed by atoms with Crippen molar-refractivity contribution in [1.29, 1.82) is 0 Å². The summed E-state index contributed by atoms with van der Waals surface area (Å²) in [6.07, 6.45) is -7.35. The number of ether oxygens (including phenoxy) is 2. The number of hydrogen-bond acceptors (Lipinski definition) is 3. The molecule has 0 aromatic heterocycles. The van der Waals surface area contributed by atoms with Crippen LogP contribution in [0.3, 0.4) is 0 Å². The fourth-order valence-corrected chi connectivity index (χ4v) is 0.738. The Morgan fingerprint density at radius 3 is 2.45 bits per heavy atom. The molecule has 0 aliphatic carbocycles. The number of rotatable bonds is 2. The second-order valence-electron chi connectivity index (χ2n) is 1.98. The molecule has 1 fully saturated rings. The van der Waals surface area contributed by atoms with Gasteiger partial charge in [0.15, 0.2) is 6.10 Å². The van der Waals surface area contributed by atoms with Crippen molar-refractivity contribution in [3.63, 3.8) is 0 Å². The molecule has 1 aliphatic heterocycles. The number of hydrogen-bond donors (Lipinski definition) is 0. The maximum Gasteiger partial charge on any atom is 0.509 e. The van der Waals surface area contributed by atoms with Gasteiger partial charge in [-0.15, -0.1) is 0 Å². The Morgan fingerprint density at radius 2 is 2.09 bits per heavy atom. The van der Waals surface area contributed by atoms with Crippen LogP contribution < -0.4 is 0 Å². The van der Waals surface area contributed by atoms with E-state index in [0.29, 0.717) is 0 Å². The molecular weight excluding hydrogens is 165 g/mol. The minimum Gasteiger partial charge on any atom is -0.424 e. The summed E-state index contributed by atoms with van der Waals surface area (Å²) in [5, 5.41) is 0. The van der Waals surface area contributed by atoms with E-state index in [1.807, 2.05) is 0 Å². The van der Waals surface area contributed by atoms with Crippen LogP contribution in [0.15, 0.2) is 0 Å². The van der Waals surface area contributed by atoms with Gasteiger partial charge in [0.2, 0.25) is 6.10 Å². The lowest BCUT2D eigenvalue weighted by Crippen LogP contribution is -2.31. The fraction of sp³-hybridized carbons (Fsp3) is 0.800. The average Bonchev–Trinajstić information content (AvgIpc) is 2.30. The van der Waals surface area contributed by atoms with Gasteiger partial charge in [-0.25, -0.2) is 18.0 Å². The Morgan fingerprint density at radius 1 is 1.45 bits per heavy atom. The van der Waals surface area contributed by atoms with Gasteiger partial charge in [0.05, 0.1) is 0 Å². The van der Waals surface area contributed by atoms with Crippen molar-refractivity contribution in [2.24, 2.45) is 0 Å². The highest BCUT2D eigenvalue weighted by atomic mass is 19.3. The van der Waals surface area contributed by atoms with Gasteiger partial charge in [-0.2, -0.15) is 0 Å². The summed E-state index contributed by atoms with van der Waals surface area (Å²) < 4.78 is 43.5. The molecule has 1 saturated heterocycles. The van der Waals surface area contributed by atoms with E-state index in [0.717, 1.165) is 0 Å². The van der Waals surface area contributed by atoms with Crippen molar-refractivity contribution < 1.29 is 27.4 Å². The first-order chi connectivity index (χ1) is 5.15. The van der Waals surface area contributed by atoms with Crippen LogP contribution >= 0.6 is 0 Å². The minimum absolute atomic E-state index is 1.15. The van der Waals surface area contributed by atoms with Gasteiger partial charge in [0, 0.05) is 0 Å². The Balaban J connectivity index is 2.57. The van der Waals surface area contributed by atoms with Gasteiger partial charge in [-0.3, -0.25) is 0 Å². The second kappa shape index (κ2) is 2.98. The molecule has 0 saturated carbocycles. The zero-order valence-electron chi connectivity index (χ0n) is 5.30. The van der Waals surface area contributed by atoms with Crippen LogP contribution in [-0.4, -0.2) is 31.5 Å². The maximum atomic E-state index is 11.8. The smallest absolute Gasteiger partial charge is 0.424 e. The maximum absolute atomic E-state index is 11.8. The summed E-state index contributed by atoms with van der Waals surface area (Å²) >= 11 is 0. The van der Waals surface area contributed by atoms with E-state index in [1.165, 1.54) is 0 Å². The average molecular weight is 170 g/mol. The van der Waals surface area contributed by atoms with E-state index < -0.39 is 31.5 Å². The molecule has 6 heteroatoms. The molecule has 0 spiro atoms. The van der Waals surface area contributed by atoms with E-state index in [4.69, 9.17) is 0 Å². The topological polar surface area (TPSA) is 35.5 Å². The molecule has 0 radical (unpaired) electrons. The van der Waals surface area contributed by atoms with Crippen LogP contribution in [0, 0.1) is 0 Å². The molecule has 1 aliphatic rings. The summed E-state index contributed by atoms with van der Waals surface area (Å²) in [6, 6.07) is 0. The molecule has 0 N–H and O–H groups in total. The predicted molar refractivity (Wildman–Crippen MR) is 27.1 cm³/mol. The Labute approximate surface area is 60.1 Å². The van der Waals surface area contributed by atoms with Crippen molar-refractivity contribution in [1.82, 2.24) is 0 Å². The summed E-state index contributed by atoms with van der Waals surface area (Å²) in [6.45, 7) is -1.15. The Hall–Kier alpha value is -0.940. The van der Waals surface area contributed by atoms with E-state index in [-0.39, 0.29) is 0 Å². The van der Waals surface area contributed by atoms with Gasteiger partial charge < -0.3 is 9.47 Å². The second-order valence-corrected chi connectivity index (χ2v) is 1.98. The Kier molecular flexibility index (Phi) is 2.21. The van der Waals surface area contributed by atoms with Crippen molar-refractivity contribution in [2.45, 2.75) is 18.6 Å². The number of carbonyl (C=O) groups excluding carboxylic acids is 1. The molecule has 0 aromatic carbocycles. The zero-order valence-corrected chi connectivity index (χ0v) is 5.30. The number of halogens is 3. The van der Waals surface area contributed by atoms with Gasteiger partial charge in [0.25, 0.3) is 6.43 Å². The molecule has 64 valence electrons. The van der Waals surface area contributed by atoms with Crippen molar-refractivity contribution >= 4 is 6.16 Å². The normalized spacial score (nSPS) is 30.4. The van der Waals surface area contributed by atoms with Crippen molar-refractivity contribution in [3.05, 3.63) is 0 Å². The minimum atomic E-state index is -2.90. The first-order valence-electron chi connectivity index (χ1n) is 2.86. The van der Waals surface area contributed by atoms with Gasteiger partial charge in [-0.1, -0.05) is 0 Å². The highest BCUT2D eigenvalue weighted by Crippen LogP contribution is 2.21. The summed E-state index contributed by atoms with van der Waals surface area (Å²) in [5.41, 5.74) is 0. The molecular formula is C5H5F3O3. The summed E-state index contributed by atoms with van der Waals surface area (Å²) in [5.74, 6) is 0. The van der Waals surface area contributed by atoms with E-state index in [1.54, 1.807) is 0 Å². The number of alkyl halides is 3. The quantitative estimate of drug-likeness (QED) is 0.582. The largest absolute Gasteiger partial charge is 0.509 e. The zero-order chi connectivity index (χ0) is 8.43. The van der Waals surface area contributed by atoms with Crippen LogP contribution in [0.1, 0.15) is 0 Å². The first-order valence-corrected chi connectivity index (χ1v) is 2.86. The molecule has 0 bridgehead atoms. The van der Waals surface area contributed by atoms with E-state index >= 15 is 0 Å². The van der Waals surface area contributed by atoms with Crippen LogP contribution in [-0.2, 0) is 9.47 Å². The number of cyclic esters (lactones) is 2. The predicted octanol–water partition coefficient (Wildman–Crippen LogP) is 1.12. The third-order valence-corrected chi connectivity index (χ3v) is 1.25. The van der Waals surface area contributed by atoms with Crippen LogP contribution in [0.25, 0.3) is 0 Å².